The van der Waals surface area contributed by atoms with E-state index in [1.54, 1.807) is 18.2 Å². The maximum atomic E-state index is 13.5. The molecule has 5 rings (SSSR count). The van der Waals surface area contributed by atoms with E-state index in [1.807, 2.05) is 38.1 Å². The molecule has 0 saturated carbocycles. The van der Waals surface area contributed by atoms with Gasteiger partial charge in [-0.15, -0.1) is 0 Å². The Morgan fingerprint density at radius 3 is 2.61 bits per heavy atom. The summed E-state index contributed by atoms with van der Waals surface area (Å²) in [5.41, 5.74) is 0.815. The van der Waals surface area contributed by atoms with Crippen molar-refractivity contribution in [3.8, 4) is 11.5 Å². The molecule has 2 aromatic carbocycles. The van der Waals surface area contributed by atoms with Crippen LogP contribution in [0.3, 0.4) is 0 Å². The smallest absolute Gasteiger partial charge is 0.251 e. The van der Waals surface area contributed by atoms with Crippen LogP contribution in [0.5, 0.6) is 11.5 Å². The Kier molecular flexibility index (Phi) is 6.59. The highest BCUT2D eigenvalue weighted by atomic mass is 16.5. The highest BCUT2D eigenvalue weighted by Crippen LogP contribution is 2.46. The highest BCUT2D eigenvalue weighted by Gasteiger charge is 2.46. The first-order valence-corrected chi connectivity index (χ1v) is 13.3. The molecule has 0 aliphatic carbocycles. The molecular formula is C29H36N4O5. The van der Waals surface area contributed by atoms with E-state index in [2.05, 4.69) is 24.5 Å². The molecule has 202 valence electrons. The first-order valence-electron chi connectivity index (χ1n) is 13.3. The largest absolute Gasteiger partial charge is 0.490 e. The summed E-state index contributed by atoms with van der Waals surface area (Å²) in [6, 6.07) is 11.5. The van der Waals surface area contributed by atoms with Gasteiger partial charge in [-0.25, -0.2) is 0 Å². The molecule has 0 bridgehead atoms. The first kappa shape index (κ1) is 26.0. The van der Waals surface area contributed by atoms with Gasteiger partial charge in [-0.05, 0) is 51.0 Å². The summed E-state index contributed by atoms with van der Waals surface area (Å²) in [5, 5.41) is 25.4. The van der Waals surface area contributed by atoms with Crippen molar-refractivity contribution in [2.75, 3.05) is 6.61 Å². The molecule has 3 aliphatic heterocycles. The summed E-state index contributed by atoms with van der Waals surface area (Å²) >= 11 is 0. The molecule has 1 fully saturated rings. The molecular weight excluding hydrogens is 484 g/mol. The van der Waals surface area contributed by atoms with E-state index in [4.69, 9.17) is 14.9 Å². The number of hydrogen-bond donors (Lipinski definition) is 4. The van der Waals surface area contributed by atoms with Crippen LogP contribution >= 0.6 is 0 Å². The number of aliphatic hydroxyl groups is 1. The maximum absolute atomic E-state index is 13.5. The summed E-state index contributed by atoms with van der Waals surface area (Å²) in [7, 11) is 0. The van der Waals surface area contributed by atoms with Crippen molar-refractivity contribution in [2.24, 2.45) is 0 Å². The Hall–Kier alpha value is -3.59. The fourth-order valence-corrected chi connectivity index (χ4v) is 5.78. The van der Waals surface area contributed by atoms with Crippen LogP contribution in [0.4, 0.5) is 0 Å². The Balaban J connectivity index is 1.49. The van der Waals surface area contributed by atoms with Crippen LogP contribution < -0.4 is 20.1 Å². The lowest BCUT2D eigenvalue weighted by Gasteiger charge is -2.48. The van der Waals surface area contributed by atoms with Crippen molar-refractivity contribution in [2.45, 2.75) is 82.7 Å². The summed E-state index contributed by atoms with van der Waals surface area (Å²) in [4.78, 5) is 28.3. The number of carbonyl (C=O) groups excluding carboxylic acids is 2. The fraction of sp³-hybridized carbons (Fsp3) is 0.483. The van der Waals surface area contributed by atoms with Crippen LogP contribution in [-0.4, -0.2) is 51.6 Å². The Bertz CT molecular complexity index is 1250. The zero-order chi connectivity index (χ0) is 27.2. The number of nitrogens with one attached hydrogen (secondary N) is 3. The number of hydrogen-bond acceptors (Lipinski definition) is 6. The second-order valence-electron chi connectivity index (χ2n) is 11.1. The number of amides is 2. The molecule has 3 atom stereocenters. The molecule has 4 N–H and O–H groups in total. The Morgan fingerprint density at radius 1 is 1.16 bits per heavy atom. The third-order valence-electron chi connectivity index (χ3n) is 8.02. The number of benzene rings is 2. The van der Waals surface area contributed by atoms with Crippen LogP contribution in [0.15, 0.2) is 42.5 Å². The third kappa shape index (κ3) is 4.60. The van der Waals surface area contributed by atoms with E-state index >= 15 is 0 Å². The number of rotatable bonds is 5. The van der Waals surface area contributed by atoms with E-state index in [0.717, 1.165) is 18.4 Å². The van der Waals surface area contributed by atoms with E-state index in [1.165, 1.54) is 4.90 Å². The predicted molar refractivity (Wildman–Crippen MR) is 142 cm³/mol. The van der Waals surface area contributed by atoms with Gasteiger partial charge in [-0.2, -0.15) is 0 Å². The van der Waals surface area contributed by atoms with Gasteiger partial charge >= 0.3 is 0 Å². The van der Waals surface area contributed by atoms with Crippen molar-refractivity contribution >= 4 is 17.8 Å². The van der Waals surface area contributed by atoms with Gasteiger partial charge in [-0.1, -0.05) is 32.0 Å². The van der Waals surface area contributed by atoms with Crippen LogP contribution in [-0.2, 0) is 4.79 Å². The molecule has 3 aliphatic rings. The lowest BCUT2D eigenvalue weighted by Crippen LogP contribution is -2.61. The number of ether oxygens (including phenoxy) is 2. The van der Waals surface area contributed by atoms with Crippen molar-refractivity contribution in [3.63, 3.8) is 0 Å². The van der Waals surface area contributed by atoms with Crippen LogP contribution in [0.2, 0.25) is 0 Å². The zero-order valence-corrected chi connectivity index (χ0v) is 22.3. The molecule has 3 heterocycles. The SMILES string of the molecule is CCC1(CC)C[C@@H](N2C(=N)NC(C)(C)CC2=O)c2cc(C(=O)N[C@@H]3c4ccccc4OC[C@H]3O)ccc2O1. The Morgan fingerprint density at radius 2 is 1.89 bits per heavy atom. The summed E-state index contributed by atoms with van der Waals surface area (Å²) < 4.78 is 12.1. The van der Waals surface area contributed by atoms with Gasteiger partial charge in [0.2, 0.25) is 5.91 Å². The van der Waals surface area contributed by atoms with Gasteiger partial charge in [-0.3, -0.25) is 19.9 Å². The van der Waals surface area contributed by atoms with Crippen molar-refractivity contribution in [3.05, 3.63) is 59.2 Å². The number of nitrogens with zero attached hydrogens (tertiary/aromatic N) is 1. The van der Waals surface area contributed by atoms with Gasteiger partial charge in [0, 0.05) is 35.1 Å². The number of fused-ring (bicyclic) bond motifs is 2. The van der Waals surface area contributed by atoms with E-state index < -0.39 is 29.3 Å². The zero-order valence-electron chi connectivity index (χ0n) is 22.3. The number of guanidine groups is 1. The minimum atomic E-state index is -0.891. The molecule has 0 unspecified atom stereocenters. The van der Waals surface area contributed by atoms with Crippen molar-refractivity contribution in [1.82, 2.24) is 15.5 Å². The average Bonchev–Trinajstić information content (AvgIpc) is 2.88. The Labute approximate surface area is 223 Å². The second-order valence-corrected chi connectivity index (χ2v) is 11.1. The summed E-state index contributed by atoms with van der Waals surface area (Å²) in [6.45, 7) is 8.02. The summed E-state index contributed by atoms with van der Waals surface area (Å²) in [5.74, 6) is 0.823. The quantitative estimate of drug-likeness (QED) is 0.475. The molecule has 38 heavy (non-hydrogen) atoms. The predicted octanol–water partition coefficient (Wildman–Crippen LogP) is 3.83. The van der Waals surface area contributed by atoms with E-state index in [0.29, 0.717) is 29.0 Å². The lowest BCUT2D eigenvalue weighted by molar-refractivity contribution is -0.133. The van der Waals surface area contributed by atoms with Crippen molar-refractivity contribution in [1.29, 1.82) is 5.41 Å². The lowest BCUT2D eigenvalue weighted by atomic mass is 9.81. The monoisotopic (exact) mass is 520 g/mol. The van der Waals surface area contributed by atoms with Gasteiger partial charge in [0.05, 0.1) is 12.1 Å². The number of para-hydroxylation sites is 1. The minimum absolute atomic E-state index is 0.0574. The van der Waals surface area contributed by atoms with Gasteiger partial charge in [0.25, 0.3) is 5.91 Å². The van der Waals surface area contributed by atoms with Gasteiger partial charge in [0.1, 0.15) is 29.8 Å². The third-order valence-corrected chi connectivity index (χ3v) is 8.02. The molecule has 2 amide bonds. The highest BCUT2D eigenvalue weighted by molar-refractivity contribution is 6.00. The number of carbonyl (C=O) groups is 2. The minimum Gasteiger partial charge on any atom is -0.490 e. The molecule has 9 heteroatoms. The summed E-state index contributed by atoms with van der Waals surface area (Å²) in [6.07, 6.45) is 1.38. The first-order chi connectivity index (χ1) is 18.1. The van der Waals surface area contributed by atoms with E-state index in [9.17, 15) is 14.7 Å². The van der Waals surface area contributed by atoms with Crippen LogP contribution in [0.1, 0.15) is 86.9 Å². The molecule has 1 saturated heterocycles. The van der Waals surface area contributed by atoms with Crippen molar-refractivity contribution < 1.29 is 24.2 Å². The normalized spacial score (nSPS) is 25.3. The molecule has 0 aromatic heterocycles. The second kappa shape index (κ2) is 9.62. The maximum Gasteiger partial charge on any atom is 0.251 e. The molecule has 9 nitrogen and oxygen atoms in total. The standard InChI is InChI=1S/C29H36N4O5/c1-5-29(6-2)14-20(33-24(35)15-28(3,4)32-27(33)30)19-13-17(11-12-23(19)38-29)26(36)31-25-18-9-7-8-10-22(18)37-16-21(25)34/h7-13,20-21,25,34H,5-6,14-16H2,1-4H3,(H2,30,32)(H,31,36)/t20-,21-,25-/m1/s1. The molecule has 0 spiro atoms. The fourth-order valence-electron chi connectivity index (χ4n) is 5.78. The molecule has 2 aromatic rings. The van der Waals surface area contributed by atoms with Gasteiger partial charge < -0.3 is 25.2 Å². The van der Waals surface area contributed by atoms with Crippen LogP contribution in [0, 0.1) is 5.41 Å². The van der Waals surface area contributed by atoms with Gasteiger partial charge in [0.15, 0.2) is 5.96 Å². The number of aliphatic hydroxyl groups excluding tert-OH is 1. The molecule has 0 radical (unpaired) electrons. The van der Waals surface area contributed by atoms with Crippen LogP contribution in [0.25, 0.3) is 0 Å². The average molecular weight is 521 g/mol. The van der Waals surface area contributed by atoms with E-state index in [-0.39, 0.29) is 30.8 Å². The topological polar surface area (TPSA) is 124 Å².